The van der Waals surface area contributed by atoms with E-state index >= 15 is 0 Å². The van der Waals surface area contributed by atoms with Crippen LogP contribution in [0, 0.1) is 5.92 Å². The molecule has 0 bridgehead atoms. The van der Waals surface area contributed by atoms with Crippen LogP contribution in [-0.4, -0.2) is 24.8 Å². The Balaban J connectivity index is 2.54. The van der Waals surface area contributed by atoms with Crippen LogP contribution in [0.1, 0.15) is 37.6 Å². The maximum Gasteiger partial charge on any atom is 0.260 e. The Morgan fingerprint density at radius 1 is 1.40 bits per heavy atom. The Morgan fingerprint density at radius 3 is 2.65 bits per heavy atom. The Kier molecular flexibility index (Phi) is 6.71. The average molecular weight is 342 g/mol. The van der Waals surface area contributed by atoms with Crippen molar-refractivity contribution in [1.82, 2.24) is 5.32 Å². The van der Waals surface area contributed by atoms with E-state index in [4.69, 9.17) is 4.74 Å². The molecule has 20 heavy (non-hydrogen) atoms. The summed E-state index contributed by atoms with van der Waals surface area (Å²) in [5.41, 5.74) is 0.554. The zero-order valence-electron chi connectivity index (χ0n) is 12.0. The zero-order valence-corrected chi connectivity index (χ0v) is 13.6. The van der Waals surface area contributed by atoms with Crippen molar-refractivity contribution in [2.24, 2.45) is 5.92 Å². The van der Waals surface area contributed by atoms with Crippen LogP contribution in [0.15, 0.2) is 22.7 Å². The molecule has 0 saturated heterocycles. The Morgan fingerprint density at radius 2 is 2.10 bits per heavy atom. The lowest BCUT2D eigenvalue weighted by molar-refractivity contribution is -0.127. The van der Waals surface area contributed by atoms with Gasteiger partial charge in [0, 0.05) is 12.1 Å². The highest BCUT2D eigenvalue weighted by molar-refractivity contribution is 9.10. The van der Waals surface area contributed by atoms with Crippen LogP contribution >= 0.6 is 15.9 Å². The van der Waals surface area contributed by atoms with Crippen LogP contribution in [0.25, 0.3) is 0 Å². The molecular formula is C15H20BrNO3. The third kappa shape index (κ3) is 5.33. The van der Waals surface area contributed by atoms with E-state index in [0.29, 0.717) is 28.2 Å². The standard InChI is InChI=1S/C15H20BrNO3/c1-10(2)6-7-17-15(19)11(3)20-14-5-4-12(9-18)8-13(14)16/h4-5,8-11H,6-7H2,1-3H3,(H,17,19). The van der Waals surface area contributed by atoms with Gasteiger partial charge in [0.05, 0.1) is 4.47 Å². The topological polar surface area (TPSA) is 55.4 Å². The molecule has 0 spiro atoms. The van der Waals surface area contributed by atoms with E-state index < -0.39 is 6.10 Å². The molecule has 1 atom stereocenters. The first-order chi connectivity index (χ1) is 9.43. The van der Waals surface area contributed by atoms with Gasteiger partial charge in [-0.15, -0.1) is 0 Å². The van der Waals surface area contributed by atoms with Crippen LogP contribution in [-0.2, 0) is 4.79 Å². The number of aldehydes is 1. The van der Waals surface area contributed by atoms with Gasteiger partial charge in [-0.05, 0) is 53.4 Å². The monoisotopic (exact) mass is 341 g/mol. The number of rotatable bonds is 7. The summed E-state index contributed by atoms with van der Waals surface area (Å²) in [7, 11) is 0. The first-order valence-corrected chi connectivity index (χ1v) is 7.42. The molecule has 1 rings (SSSR count). The molecule has 0 aromatic heterocycles. The van der Waals surface area contributed by atoms with Gasteiger partial charge in [0.1, 0.15) is 12.0 Å². The van der Waals surface area contributed by atoms with Gasteiger partial charge in [-0.25, -0.2) is 0 Å². The number of carbonyl (C=O) groups excluding carboxylic acids is 2. The summed E-state index contributed by atoms with van der Waals surface area (Å²) in [4.78, 5) is 22.5. The normalized spacial score (nSPS) is 12.1. The highest BCUT2D eigenvalue weighted by Crippen LogP contribution is 2.26. The number of halogens is 1. The number of carbonyl (C=O) groups is 2. The zero-order chi connectivity index (χ0) is 15.1. The second kappa shape index (κ2) is 8.04. The third-order valence-electron chi connectivity index (χ3n) is 2.79. The summed E-state index contributed by atoms with van der Waals surface area (Å²) in [5.74, 6) is 0.954. The summed E-state index contributed by atoms with van der Waals surface area (Å²) < 4.78 is 6.25. The molecule has 5 heteroatoms. The molecule has 0 heterocycles. The van der Waals surface area contributed by atoms with Gasteiger partial charge in [-0.2, -0.15) is 0 Å². The molecule has 1 aromatic carbocycles. The quantitative estimate of drug-likeness (QED) is 0.775. The largest absolute Gasteiger partial charge is 0.480 e. The smallest absolute Gasteiger partial charge is 0.260 e. The van der Waals surface area contributed by atoms with E-state index in [1.807, 2.05) is 0 Å². The van der Waals surface area contributed by atoms with E-state index in [0.717, 1.165) is 12.7 Å². The summed E-state index contributed by atoms with van der Waals surface area (Å²) in [6.07, 6.45) is 1.12. The minimum atomic E-state index is -0.583. The van der Waals surface area contributed by atoms with E-state index in [-0.39, 0.29) is 5.91 Å². The van der Waals surface area contributed by atoms with Gasteiger partial charge in [0.2, 0.25) is 0 Å². The lowest BCUT2D eigenvalue weighted by Gasteiger charge is -2.16. The molecule has 1 amide bonds. The number of benzene rings is 1. The minimum absolute atomic E-state index is 0.142. The van der Waals surface area contributed by atoms with Gasteiger partial charge in [0.25, 0.3) is 5.91 Å². The van der Waals surface area contributed by atoms with Crippen molar-refractivity contribution < 1.29 is 14.3 Å². The van der Waals surface area contributed by atoms with E-state index in [9.17, 15) is 9.59 Å². The van der Waals surface area contributed by atoms with Gasteiger partial charge in [0.15, 0.2) is 6.10 Å². The van der Waals surface area contributed by atoms with Crippen molar-refractivity contribution in [1.29, 1.82) is 0 Å². The number of hydrogen-bond acceptors (Lipinski definition) is 3. The van der Waals surface area contributed by atoms with Crippen LogP contribution in [0.5, 0.6) is 5.75 Å². The van der Waals surface area contributed by atoms with Crippen LogP contribution in [0.2, 0.25) is 0 Å². The highest BCUT2D eigenvalue weighted by Gasteiger charge is 2.15. The van der Waals surface area contributed by atoms with Crippen molar-refractivity contribution in [3.63, 3.8) is 0 Å². The summed E-state index contributed by atoms with van der Waals surface area (Å²) in [6, 6.07) is 4.98. The predicted molar refractivity (Wildman–Crippen MR) is 82.1 cm³/mol. The SMILES string of the molecule is CC(C)CCNC(=O)C(C)Oc1ccc(C=O)cc1Br. The maximum absolute atomic E-state index is 11.9. The van der Waals surface area contributed by atoms with Gasteiger partial charge >= 0.3 is 0 Å². The molecule has 1 N–H and O–H groups in total. The molecule has 110 valence electrons. The molecule has 1 unspecified atom stereocenters. The van der Waals surface area contributed by atoms with Crippen molar-refractivity contribution in [2.45, 2.75) is 33.3 Å². The molecule has 0 aliphatic carbocycles. The van der Waals surface area contributed by atoms with Crippen molar-refractivity contribution in [2.75, 3.05) is 6.54 Å². The number of hydrogen-bond donors (Lipinski definition) is 1. The van der Waals surface area contributed by atoms with Crippen molar-refractivity contribution in [3.05, 3.63) is 28.2 Å². The third-order valence-corrected chi connectivity index (χ3v) is 3.41. The summed E-state index contributed by atoms with van der Waals surface area (Å²) in [6.45, 7) is 6.57. The summed E-state index contributed by atoms with van der Waals surface area (Å²) >= 11 is 3.32. The second-order valence-corrected chi connectivity index (χ2v) is 5.90. The molecule has 0 aliphatic heterocycles. The van der Waals surface area contributed by atoms with E-state index in [1.165, 1.54) is 0 Å². The molecule has 1 aromatic rings. The average Bonchev–Trinajstić information content (AvgIpc) is 2.40. The van der Waals surface area contributed by atoms with Crippen LogP contribution in [0.3, 0.4) is 0 Å². The van der Waals surface area contributed by atoms with Gasteiger partial charge in [-0.1, -0.05) is 13.8 Å². The van der Waals surface area contributed by atoms with Crippen LogP contribution < -0.4 is 10.1 Å². The Bertz CT molecular complexity index is 474. The molecule has 0 aliphatic rings. The number of ether oxygens (including phenoxy) is 1. The van der Waals surface area contributed by atoms with Crippen molar-refractivity contribution in [3.8, 4) is 5.75 Å². The van der Waals surface area contributed by atoms with Crippen LogP contribution in [0.4, 0.5) is 0 Å². The maximum atomic E-state index is 11.9. The molecule has 0 fully saturated rings. The molecule has 4 nitrogen and oxygen atoms in total. The second-order valence-electron chi connectivity index (χ2n) is 5.04. The van der Waals surface area contributed by atoms with Crippen molar-refractivity contribution >= 4 is 28.1 Å². The summed E-state index contributed by atoms with van der Waals surface area (Å²) in [5, 5.41) is 2.84. The van der Waals surface area contributed by atoms with Gasteiger partial charge < -0.3 is 10.1 Å². The number of nitrogens with one attached hydrogen (secondary N) is 1. The number of amides is 1. The lowest BCUT2D eigenvalue weighted by atomic mass is 10.1. The molecule has 0 radical (unpaired) electrons. The minimum Gasteiger partial charge on any atom is -0.480 e. The first kappa shape index (κ1) is 16.7. The van der Waals surface area contributed by atoms with E-state index in [1.54, 1.807) is 25.1 Å². The first-order valence-electron chi connectivity index (χ1n) is 6.63. The fourth-order valence-corrected chi connectivity index (χ4v) is 2.05. The lowest BCUT2D eigenvalue weighted by Crippen LogP contribution is -2.37. The highest BCUT2D eigenvalue weighted by atomic mass is 79.9. The predicted octanol–water partition coefficient (Wildman–Crippen LogP) is 3.19. The Hall–Kier alpha value is -1.36. The molecular weight excluding hydrogens is 322 g/mol. The van der Waals surface area contributed by atoms with E-state index in [2.05, 4.69) is 35.1 Å². The fourth-order valence-electron chi connectivity index (χ4n) is 1.56. The Labute approximate surface area is 128 Å². The fraction of sp³-hybridized carbons (Fsp3) is 0.467. The molecule has 0 saturated carbocycles. The van der Waals surface area contributed by atoms with Gasteiger partial charge in [-0.3, -0.25) is 9.59 Å².